The molecule has 1 heterocycles. The molecule has 0 spiro atoms. The van der Waals surface area contributed by atoms with Gasteiger partial charge in [0.2, 0.25) is 0 Å². The van der Waals surface area contributed by atoms with Crippen molar-refractivity contribution < 1.29 is 0 Å². The average molecular weight is 307 g/mol. The van der Waals surface area contributed by atoms with Crippen LogP contribution in [0.1, 0.15) is 65.4 Å². The van der Waals surface area contributed by atoms with Crippen LogP contribution < -0.4 is 0 Å². The molecule has 106 valence electrons. The number of alkyl halides is 1. The van der Waals surface area contributed by atoms with E-state index in [9.17, 15) is 0 Å². The molecular weight excluding hydrogens is 288 g/mol. The van der Waals surface area contributed by atoms with Gasteiger partial charge in [0.25, 0.3) is 0 Å². The smallest absolute Gasteiger partial charge is 0.139 e. The summed E-state index contributed by atoms with van der Waals surface area (Å²) in [5.41, 5.74) is 1.10. The number of hydrogen-bond donors (Lipinski definition) is 0. The number of halogens is 1. The quantitative estimate of drug-likeness (QED) is 0.567. The molecular formula is C16H19ClN2S. The van der Waals surface area contributed by atoms with E-state index in [0.29, 0.717) is 5.92 Å². The van der Waals surface area contributed by atoms with Gasteiger partial charge in [0.05, 0.1) is 0 Å². The van der Waals surface area contributed by atoms with Crippen LogP contribution in [0.5, 0.6) is 0 Å². The van der Waals surface area contributed by atoms with E-state index in [0.717, 1.165) is 10.6 Å². The first-order valence-corrected chi connectivity index (χ1v) is 8.62. The molecule has 1 aliphatic carbocycles. The zero-order valence-electron chi connectivity index (χ0n) is 11.5. The zero-order chi connectivity index (χ0) is 13.8. The minimum absolute atomic E-state index is 0.173. The molecule has 1 unspecified atom stereocenters. The largest absolute Gasteiger partial charge is 0.143 e. The molecule has 20 heavy (non-hydrogen) atoms. The first-order valence-electron chi connectivity index (χ1n) is 7.37. The van der Waals surface area contributed by atoms with Gasteiger partial charge in [-0.3, -0.25) is 0 Å². The molecule has 0 N–H and O–H groups in total. The van der Waals surface area contributed by atoms with Gasteiger partial charge in [-0.15, -0.1) is 21.8 Å². The maximum Gasteiger partial charge on any atom is 0.139 e. The van der Waals surface area contributed by atoms with Crippen LogP contribution in [0.4, 0.5) is 0 Å². The molecule has 2 nitrogen and oxygen atoms in total. The summed E-state index contributed by atoms with van der Waals surface area (Å²) in [6.07, 6.45) is 7.89. The van der Waals surface area contributed by atoms with Gasteiger partial charge in [0, 0.05) is 5.92 Å². The highest BCUT2D eigenvalue weighted by atomic mass is 35.5. The minimum atomic E-state index is -0.173. The van der Waals surface area contributed by atoms with Crippen LogP contribution >= 0.6 is 22.9 Å². The monoisotopic (exact) mass is 306 g/mol. The van der Waals surface area contributed by atoms with Gasteiger partial charge in [-0.2, -0.15) is 0 Å². The summed E-state index contributed by atoms with van der Waals surface area (Å²) in [5, 5.41) is 10.7. The van der Waals surface area contributed by atoms with Gasteiger partial charge in [-0.05, 0) is 18.4 Å². The van der Waals surface area contributed by atoms with E-state index in [1.807, 2.05) is 30.3 Å². The second-order valence-corrected chi connectivity index (χ2v) is 6.92. The van der Waals surface area contributed by atoms with E-state index in [1.54, 1.807) is 11.3 Å². The molecule has 1 fully saturated rings. The van der Waals surface area contributed by atoms with E-state index >= 15 is 0 Å². The Morgan fingerprint density at radius 3 is 2.40 bits per heavy atom. The average Bonchev–Trinajstić information content (AvgIpc) is 2.83. The molecule has 3 rings (SSSR count). The highest BCUT2D eigenvalue weighted by Gasteiger charge is 2.21. The van der Waals surface area contributed by atoms with Crippen molar-refractivity contribution in [3.63, 3.8) is 0 Å². The first-order chi connectivity index (χ1) is 9.84. The Morgan fingerprint density at radius 1 is 1.00 bits per heavy atom. The van der Waals surface area contributed by atoms with Crippen LogP contribution in [0.2, 0.25) is 0 Å². The maximum atomic E-state index is 6.52. The van der Waals surface area contributed by atoms with Crippen LogP contribution in [-0.2, 0) is 0 Å². The van der Waals surface area contributed by atoms with Crippen LogP contribution in [0.15, 0.2) is 30.3 Å². The second kappa shape index (κ2) is 6.68. The van der Waals surface area contributed by atoms with Crippen molar-refractivity contribution in [2.24, 2.45) is 0 Å². The molecule has 1 atom stereocenters. The van der Waals surface area contributed by atoms with Crippen molar-refractivity contribution in [1.29, 1.82) is 0 Å². The highest BCUT2D eigenvalue weighted by molar-refractivity contribution is 7.11. The van der Waals surface area contributed by atoms with Crippen molar-refractivity contribution in [2.75, 3.05) is 0 Å². The van der Waals surface area contributed by atoms with Gasteiger partial charge >= 0.3 is 0 Å². The Kier molecular flexibility index (Phi) is 4.69. The van der Waals surface area contributed by atoms with Crippen molar-refractivity contribution >= 4 is 22.9 Å². The fourth-order valence-corrected chi connectivity index (χ4v) is 4.15. The molecule has 0 amide bonds. The third-order valence-electron chi connectivity index (χ3n) is 3.97. The molecule has 0 radical (unpaired) electrons. The van der Waals surface area contributed by atoms with Crippen LogP contribution in [0, 0.1) is 0 Å². The summed E-state index contributed by atoms with van der Waals surface area (Å²) in [6, 6.07) is 10.1. The number of hydrogen-bond acceptors (Lipinski definition) is 3. The SMILES string of the molecule is ClC(c1ccccc1)c1nnc(C2CCCCCC2)s1. The molecule has 0 bridgehead atoms. The maximum absolute atomic E-state index is 6.52. The standard InChI is InChI=1S/C16H19ClN2S/c17-14(12-8-6-3-7-9-12)16-19-18-15(20-16)13-10-4-1-2-5-11-13/h3,6-9,13-14H,1-2,4-5,10-11H2. The van der Waals surface area contributed by atoms with Crippen molar-refractivity contribution in [2.45, 2.75) is 49.8 Å². The summed E-state index contributed by atoms with van der Waals surface area (Å²) >= 11 is 8.22. The third-order valence-corrected chi connectivity index (χ3v) is 5.71. The molecule has 0 aliphatic heterocycles. The Hall–Kier alpha value is -0.930. The van der Waals surface area contributed by atoms with E-state index in [1.165, 1.54) is 43.5 Å². The molecule has 1 aromatic heterocycles. The molecule has 1 saturated carbocycles. The lowest BCUT2D eigenvalue weighted by atomic mass is 10.0. The van der Waals surface area contributed by atoms with E-state index in [4.69, 9.17) is 11.6 Å². The van der Waals surface area contributed by atoms with Crippen LogP contribution in [0.3, 0.4) is 0 Å². The predicted molar refractivity (Wildman–Crippen MR) is 84.5 cm³/mol. The van der Waals surface area contributed by atoms with Crippen molar-refractivity contribution in [3.8, 4) is 0 Å². The predicted octanol–water partition coefficient (Wildman–Crippen LogP) is 5.30. The molecule has 1 aliphatic rings. The second-order valence-electron chi connectivity index (χ2n) is 5.44. The van der Waals surface area contributed by atoms with Gasteiger partial charge in [-0.25, -0.2) is 0 Å². The topological polar surface area (TPSA) is 25.8 Å². The van der Waals surface area contributed by atoms with Crippen molar-refractivity contribution in [3.05, 3.63) is 45.9 Å². The third kappa shape index (κ3) is 3.21. The van der Waals surface area contributed by atoms with Gasteiger partial charge in [0.15, 0.2) is 0 Å². The molecule has 1 aromatic carbocycles. The number of rotatable bonds is 3. The summed E-state index contributed by atoms with van der Waals surface area (Å²) in [4.78, 5) is 0. The molecule has 4 heteroatoms. The Labute approximate surface area is 129 Å². The molecule has 0 saturated heterocycles. The summed E-state index contributed by atoms with van der Waals surface area (Å²) < 4.78 is 0. The lowest BCUT2D eigenvalue weighted by Gasteiger charge is -2.09. The first kappa shape index (κ1) is 14.0. The summed E-state index contributed by atoms with van der Waals surface area (Å²) in [7, 11) is 0. The minimum Gasteiger partial charge on any atom is -0.143 e. The summed E-state index contributed by atoms with van der Waals surface area (Å²) in [5.74, 6) is 0.600. The fraction of sp³-hybridized carbons (Fsp3) is 0.500. The summed E-state index contributed by atoms with van der Waals surface area (Å²) in [6.45, 7) is 0. The van der Waals surface area contributed by atoms with Crippen LogP contribution in [-0.4, -0.2) is 10.2 Å². The highest BCUT2D eigenvalue weighted by Crippen LogP contribution is 2.37. The van der Waals surface area contributed by atoms with Gasteiger partial charge in [-0.1, -0.05) is 67.4 Å². The number of nitrogens with zero attached hydrogens (tertiary/aromatic N) is 2. The van der Waals surface area contributed by atoms with Gasteiger partial charge < -0.3 is 0 Å². The van der Waals surface area contributed by atoms with Crippen LogP contribution in [0.25, 0.3) is 0 Å². The van der Waals surface area contributed by atoms with E-state index in [-0.39, 0.29) is 5.38 Å². The van der Waals surface area contributed by atoms with E-state index in [2.05, 4.69) is 10.2 Å². The van der Waals surface area contributed by atoms with Gasteiger partial charge in [0.1, 0.15) is 15.4 Å². The Bertz CT molecular complexity index is 532. The number of aromatic nitrogens is 2. The Morgan fingerprint density at radius 2 is 1.70 bits per heavy atom. The van der Waals surface area contributed by atoms with E-state index < -0.39 is 0 Å². The normalized spacial score (nSPS) is 18.6. The zero-order valence-corrected chi connectivity index (χ0v) is 13.0. The lowest BCUT2D eigenvalue weighted by Crippen LogP contribution is -1.96. The number of benzene rings is 1. The Balaban J connectivity index is 1.76. The lowest BCUT2D eigenvalue weighted by molar-refractivity contribution is 0.584. The van der Waals surface area contributed by atoms with Crippen molar-refractivity contribution in [1.82, 2.24) is 10.2 Å². The fourth-order valence-electron chi connectivity index (χ4n) is 2.80. The molecule has 2 aromatic rings.